The van der Waals surface area contributed by atoms with Crippen LogP contribution in [0.3, 0.4) is 0 Å². The van der Waals surface area contributed by atoms with Crippen molar-refractivity contribution in [1.82, 2.24) is 19.9 Å². The molecule has 0 bridgehead atoms. The van der Waals surface area contributed by atoms with Crippen LogP contribution in [-0.2, 0) is 6.54 Å². The first-order valence-corrected chi connectivity index (χ1v) is 8.22. The predicted molar refractivity (Wildman–Crippen MR) is 85.6 cm³/mol. The summed E-state index contributed by atoms with van der Waals surface area (Å²) in [7, 11) is 4.04. The van der Waals surface area contributed by atoms with Gasteiger partial charge in [0, 0.05) is 32.1 Å². The van der Waals surface area contributed by atoms with E-state index in [4.69, 9.17) is 0 Å². The fraction of sp³-hybridized carbons (Fsp3) is 0.533. The molecule has 0 aliphatic carbocycles. The highest BCUT2D eigenvalue weighted by Crippen LogP contribution is 2.33. The van der Waals surface area contributed by atoms with Crippen LogP contribution in [0, 0.1) is 6.92 Å². The molecule has 0 amide bonds. The summed E-state index contributed by atoms with van der Waals surface area (Å²) >= 11 is 1.66. The third-order valence-electron chi connectivity index (χ3n) is 3.86. The second kappa shape index (κ2) is 6.07. The van der Waals surface area contributed by atoms with Gasteiger partial charge in [0.2, 0.25) is 0 Å². The Morgan fingerprint density at radius 2 is 2.24 bits per heavy atom. The maximum Gasteiger partial charge on any atom is 0.132 e. The summed E-state index contributed by atoms with van der Waals surface area (Å²) < 4.78 is 0. The molecule has 5 nitrogen and oxygen atoms in total. The van der Waals surface area contributed by atoms with E-state index in [9.17, 15) is 0 Å². The standard InChI is InChI=1S/C15H21N5S/c1-11-17-13(7-15(18-11)19(2)3)14-5-4-6-20(14)8-12-9-21-10-16-12/h7,9-10,14H,4-6,8H2,1-3H3/t14-/m0/s1. The van der Waals surface area contributed by atoms with E-state index in [1.807, 2.05) is 31.4 Å². The normalized spacial score (nSPS) is 19.1. The van der Waals surface area contributed by atoms with Crippen LogP contribution in [0.5, 0.6) is 0 Å². The maximum absolute atomic E-state index is 4.68. The van der Waals surface area contributed by atoms with Crippen molar-refractivity contribution in [2.75, 3.05) is 25.5 Å². The quantitative estimate of drug-likeness (QED) is 0.869. The lowest BCUT2D eigenvalue weighted by molar-refractivity contribution is 0.241. The fourth-order valence-corrected chi connectivity index (χ4v) is 3.40. The van der Waals surface area contributed by atoms with Gasteiger partial charge in [0.05, 0.1) is 22.9 Å². The fourth-order valence-electron chi connectivity index (χ4n) is 2.85. The van der Waals surface area contributed by atoms with Crippen LogP contribution in [-0.4, -0.2) is 40.5 Å². The molecule has 0 radical (unpaired) electrons. The Hall–Kier alpha value is -1.53. The van der Waals surface area contributed by atoms with Gasteiger partial charge in [-0.3, -0.25) is 4.90 Å². The summed E-state index contributed by atoms with van der Waals surface area (Å²) in [6, 6.07) is 2.50. The van der Waals surface area contributed by atoms with Crippen molar-refractivity contribution in [2.45, 2.75) is 32.4 Å². The maximum atomic E-state index is 4.68. The minimum atomic E-state index is 0.382. The molecule has 2 aromatic heterocycles. The molecule has 3 heterocycles. The molecule has 21 heavy (non-hydrogen) atoms. The number of rotatable bonds is 4. The molecule has 2 aromatic rings. The Bertz CT molecular complexity index is 596. The molecule has 0 unspecified atom stereocenters. The monoisotopic (exact) mass is 303 g/mol. The molecule has 1 atom stereocenters. The predicted octanol–water partition coefficient (Wildman–Crippen LogP) is 2.64. The number of anilines is 1. The van der Waals surface area contributed by atoms with Gasteiger partial charge >= 0.3 is 0 Å². The Morgan fingerprint density at radius 3 is 2.95 bits per heavy atom. The largest absolute Gasteiger partial charge is 0.363 e. The number of aryl methyl sites for hydroxylation is 1. The van der Waals surface area contributed by atoms with E-state index in [2.05, 4.69) is 31.3 Å². The summed E-state index contributed by atoms with van der Waals surface area (Å²) in [6.07, 6.45) is 2.38. The SMILES string of the molecule is Cc1nc([C@@H]2CCCN2Cc2cscn2)cc(N(C)C)n1. The highest BCUT2D eigenvalue weighted by Gasteiger charge is 2.28. The first kappa shape index (κ1) is 14.4. The molecule has 112 valence electrons. The zero-order chi connectivity index (χ0) is 14.8. The van der Waals surface area contributed by atoms with Crippen molar-refractivity contribution in [1.29, 1.82) is 0 Å². The van der Waals surface area contributed by atoms with E-state index >= 15 is 0 Å². The van der Waals surface area contributed by atoms with Crippen LogP contribution >= 0.6 is 11.3 Å². The van der Waals surface area contributed by atoms with Crippen molar-refractivity contribution in [2.24, 2.45) is 0 Å². The summed E-state index contributed by atoms with van der Waals surface area (Å²) in [5, 5.41) is 2.13. The second-order valence-corrected chi connectivity index (χ2v) is 6.42. The highest BCUT2D eigenvalue weighted by molar-refractivity contribution is 7.07. The molecule has 0 saturated carbocycles. The molecule has 6 heteroatoms. The van der Waals surface area contributed by atoms with E-state index in [1.165, 1.54) is 6.42 Å². The summed E-state index contributed by atoms with van der Waals surface area (Å²) in [5.74, 6) is 1.83. The molecule has 0 spiro atoms. The lowest BCUT2D eigenvalue weighted by atomic mass is 10.1. The first-order valence-electron chi connectivity index (χ1n) is 7.27. The molecular weight excluding hydrogens is 282 g/mol. The van der Waals surface area contributed by atoms with E-state index < -0.39 is 0 Å². The van der Waals surface area contributed by atoms with Gasteiger partial charge in [0.1, 0.15) is 11.6 Å². The minimum Gasteiger partial charge on any atom is -0.363 e. The van der Waals surface area contributed by atoms with Crippen LogP contribution in [0.4, 0.5) is 5.82 Å². The molecule has 1 saturated heterocycles. The van der Waals surface area contributed by atoms with E-state index in [0.717, 1.165) is 42.5 Å². The Labute approximate surface area is 129 Å². The topological polar surface area (TPSA) is 45.2 Å². The molecule has 3 rings (SSSR count). The Kier molecular flexibility index (Phi) is 4.17. The van der Waals surface area contributed by atoms with Gasteiger partial charge in [-0.15, -0.1) is 11.3 Å². The summed E-state index contributed by atoms with van der Waals surface area (Å²) in [5.41, 5.74) is 4.20. The average molecular weight is 303 g/mol. The van der Waals surface area contributed by atoms with E-state index in [1.54, 1.807) is 11.3 Å². The molecular formula is C15H21N5S. The lowest BCUT2D eigenvalue weighted by Gasteiger charge is -2.24. The van der Waals surface area contributed by atoms with Crippen molar-refractivity contribution >= 4 is 17.2 Å². The van der Waals surface area contributed by atoms with E-state index in [-0.39, 0.29) is 0 Å². The zero-order valence-corrected chi connectivity index (χ0v) is 13.6. The molecule has 0 aromatic carbocycles. The van der Waals surface area contributed by atoms with Gasteiger partial charge in [0.25, 0.3) is 0 Å². The number of nitrogens with zero attached hydrogens (tertiary/aromatic N) is 5. The number of likely N-dealkylation sites (tertiary alicyclic amines) is 1. The van der Waals surface area contributed by atoms with Gasteiger partial charge in [0.15, 0.2) is 0 Å². The van der Waals surface area contributed by atoms with Crippen LogP contribution in [0.1, 0.15) is 36.1 Å². The van der Waals surface area contributed by atoms with Crippen LogP contribution < -0.4 is 4.90 Å². The van der Waals surface area contributed by atoms with E-state index in [0.29, 0.717) is 6.04 Å². The number of hydrogen-bond donors (Lipinski definition) is 0. The third-order valence-corrected chi connectivity index (χ3v) is 4.49. The molecule has 0 N–H and O–H groups in total. The van der Waals surface area contributed by atoms with Gasteiger partial charge in [-0.05, 0) is 26.3 Å². The Morgan fingerprint density at radius 1 is 1.38 bits per heavy atom. The van der Waals surface area contributed by atoms with Crippen LogP contribution in [0.15, 0.2) is 17.0 Å². The number of thiazole rings is 1. The number of hydrogen-bond acceptors (Lipinski definition) is 6. The molecule has 1 aliphatic rings. The average Bonchev–Trinajstić information content (AvgIpc) is 3.10. The number of aromatic nitrogens is 3. The Balaban J connectivity index is 1.84. The van der Waals surface area contributed by atoms with Gasteiger partial charge < -0.3 is 4.90 Å². The first-order chi connectivity index (χ1) is 10.1. The zero-order valence-electron chi connectivity index (χ0n) is 12.8. The van der Waals surface area contributed by atoms with Crippen LogP contribution in [0.25, 0.3) is 0 Å². The minimum absolute atomic E-state index is 0.382. The smallest absolute Gasteiger partial charge is 0.132 e. The lowest BCUT2D eigenvalue weighted by Crippen LogP contribution is -2.24. The van der Waals surface area contributed by atoms with Crippen molar-refractivity contribution < 1.29 is 0 Å². The van der Waals surface area contributed by atoms with Gasteiger partial charge in [-0.1, -0.05) is 0 Å². The van der Waals surface area contributed by atoms with Gasteiger partial charge in [-0.2, -0.15) is 0 Å². The second-order valence-electron chi connectivity index (χ2n) is 5.70. The third kappa shape index (κ3) is 3.22. The van der Waals surface area contributed by atoms with Crippen LogP contribution in [0.2, 0.25) is 0 Å². The molecule has 1 fully saturated rings. The van der Waals surface area contributed by atoms with Crippen molar-refractivity contribution in [3.63, 3.8) is 0 Å². The summed E-state index contributed by atoms with van der Waals surface area (Å²) in [6.45, 7) is 3.99. The highest BCUT2D eigenvalue weighted by atomic mass is 32.1. The van der Waals surface area contributed by atoms with Gasteiger partial charge in [-0.25, -0.2) is 15.0 Å². The van der Waals surface area contributed by atoms with Crippen molar-refractivity contribution in [3.8, 4) is 0 Å². The summed E-state index contributed by atoms with van der Waals surface area (Å²) in [4.78, 5) is 18.1. The van der Waals surface area contributed by atoms with Crippen molar-refractivity contribution in [3.05, 3.63) is 34.2 Å². The molecule has 1 aliphatic heterocycles.